The van der Waals surface area contributed by atoms with Gasteiger partial charge in [0.25, 0.3) is 0 Å². The summed E-state index contributed by atoms with van der Waals surface area (Å²) in [7, 11) is 0. The number of aryl methyl sites for hydroxylation is 2. The van der Waals surface area contributed by atoms with Crippen LogP contribution in [0.3, 0.4) is 0 Å². The average molecular weight is 306 g/mol. The van der Waals surface area contributed by atoms with Gasteiger partial charge in [0.1, 0.15) is 11.1 Å². The Morgan fingerprint density at radius 3 is 2.55 bits per heavy atom. The molecule has 0 aliphatic carbocycles. The van der Waals surface area contributed by atoms with Gasteiger partial charge in [-0.2, -0.15) is 0 Å². The smallest absolute Gasteiger partial charge is 0.342 e. The lowest BCUT2D eigenvalue weighted by atomic mass is 10.1. The van der Waals surface area contributed by atoms with Gasteiger partial charge in [-0.05, 0) is 27.2 Å². The van der Waals surface area contributed by atoms with Crippen LogP contribution in [-0.4, -0.2) is 39.2 Å². The number of carbonyl (C=O) groups excluding carboxylic acids is 1. The van der Waals surface area contributed by atoms with Gasteiger partial charge in [-0.25, -0.2) is 14.5 Å². The van der Waals surface area contributed by atoms with Gasteiger partial charge in [0.05, 0.1) is 18.9 Å². The lowest BCUT2D eigenvalue weighted by Crippen LogP contribution is -2.14. The van der Waals surface area contributed by atoms with Crippen molar-refractivity contribution in [2.75, 3.05) is 13.2 Å². The molecule has 22 heavy (non-hydrogen) atoms. The van der Waals surface area contributed by atoms with Crippen molar-refractivity contribution in [3.05, 3.63) is 11.3 Å². The molecule has 0 unspecified atom stereocenters. The predicted octanol–water partition coefficient (Wildman–Crippen LogP) is 2.37. The maximum Gasteiger partial charge on any atom is 0.342 e. The number of hydrogen-bond donors (Lipinski definition) is 0. The second kappa shape index (κ2) is 7.20. The standard InChI is InChI=1S/C15H22N4O3/c1-5-9-10-11(15(20)22-8-4)13-12(14(16-10)21-7-3)17-18-19(13)6-2/h5-9H2,1-4H3. The summed E-state index contributed by atoms with van der Waals surface area (Å²) in [6.07, 6.45) is 1.53. The van der Waals surface area contributed by atoms with Gasteiger partial charge in [0.15, 0.2) is 5.52 Å². The number of esters is 1. The maximum absolute atomic E-state index is 12.4. The first kappa shape index (κ1) is 16.2. The minimum atomic E-state index is -0.386. The molecule has 0 amide bonds. The molecule has 0 spiro atoms. The highest BCUT2D eigenvalue weighted by Gasteiger charge is 2.25. The summed E-state index contributed by atoms with van der Waals surface area (Å²) in [6.45, 7) is 9.05. The van der Waals surface area contributed by atoms with E-state index in [1.54, 1.807) is 11.6 Å². The van der Waals surface area contributed by atoms with Crippen LogP contribution in [0.15, 0.2) is 0 Å². The van der Waals surface area contributed by atoms with Crippen molar-refractivity contribution in [2.45, 2.75) is 47.1 Å². The topological polar surface area (TPSA) is 79.1 Å². The second-order valence-electron chi connectivity index (χ2n) is 4.74. The molecule has 2 aromatic heterocycles. The van der Waals surface area contributed by atoms with Gasteiger partial charge >= 0.3 is 5.97 Å². The van der Waals surface area contributed by atoms with Crippen LogP contribution in [0.4, 0.5) is 0 Å². The van der Waals surface area contributed by atoms with Crippen molar-refractivity contribution in [1.82, 2.24) is 20.0 Å². The zero-order chi connectivity index (χ0) is 16.1. The summed E-state index contributed by atoms with van der Waals surface area (Å²) < 4.78 is 12.5. The normalized spacial score (nSPS) is 10.9. The molecule has 0 fully saturated rings. The minimum Gasteiger partial charge on any atom is -0.476 e. The Hall–Kier alpha value is -2.18. The number of carbonyl (C=O) groups is 1. The van der Waals surface area contributed by atoms with E-state index >= 15 is 0 Å². The van der Waals surface area contributed by atoms with Crippen molar-refractivity contribution >= 4 is 17.0 Å². The van der Waals surface area contributed by atoms with Gasteiger partial charge < -0.3 is 9.47 Å². The fourth-order valence-corrected chi connectivity index (χ4v) is 2.37. The molecule has 0 aliphatic rings. The highest BCUT2D eigenvalue weighted by molar-refractivity contribution is 6.04. The van der Waals surface area contributed by atoms with Crippen LogP contribution < -0.4 is 4.74 Å². The molecule has 2 heterocycles. The highest BCUT2D eigenvalue weighted by Crippen LogP contribution is 2.28. The Morgan fingerprint density at radius 2 is 1.95 bits per heavy atom. The number of fused-ring (bicyclic) bond motifs is 1. The largest absolute Gasteiger partial charge is 0.476 e. The van der Waals surface area contributed by atoms with E-state index in [1.807, 2.05) is 20.8 Å². The van der Waals surface area contributed by atoms with Crippen LogP contribution in [0.25, 0.3) is 11.0 Å². The Balaban J connectivity index is 2.76. The maximum atomic E-state index is 12.4. The average Bonchev–Trinajstić information content (AvgIpc) is 2.92. The van der Waals surface area contributed by atoms with E-state index in [0.717, 1.165) is 6.42 Å². The van der Waals surface area contributed by atoms with Crippen molar-refractivity contribution in [3.8, 4) is 5.88 Å². The summed E-state index contributed by atoms with van der Waals surface area (Å²) in [4.78, 5) is 16.9. The van der Waals surface area contributed by atoms with E-state index in [-0.39, 0.29) is 5.97 Å². The van der Waals surface area contributed by atoms with E-state index in [0.29, 0.717) is 54.4 Å². The molecule has 2 aromatic rings. The van der Waals surface area contributed by atoms with Gasteiger partial charge in [-0.15, -0.1) is 5.10 Å². The van der Waals surface area contributed by atoms with Crippen molar-refractivity contribution in [2.24, 2.45) is 0 Å². The molecule has 0 radical (unpaired) electrons. The zero-order valence-corrected chi connectivity index (χ0v) is 13.5. The Bertz CT molecular complexity index is 666. The Kier molecular flexibility index (Phi) is 5.30. The Labute approximate surface area is 129 Å². The van der Waals surface area contributed by atoms with E-state index in [2.05, 4.69) is 15.3 Å². The van der Waals surface area contributed by atoms with E-state index in [4.69, 9.17) is 9.47 Å². The molecular formula is C15H22N4O3. The number of ether oxygens (including phenoxy) is 2. The summed E-state index contributed by atoms with van der Waals surface area (Å²) in [5.74, 6) is 0.0391. The van der Waals surface area contributed by atoms with Crippen LogP contribution in [-0.2, 0) is 17.7 Å². The molecule has 2 rings (SSSR count). The molecular weight excluding hydrogens is 284 g/mol. The van der Waals surface area contributed by atoms with E-state index < -0.39 is 0 Å². The van der Waals surface area contributed by atoms with Crippen LogP contribution in [0.1, 0.15) is 50.2 Å². The minimum absolute atomic E-state index is 0.312. The molecule has 0 bridgehead atoms. The third-order valence-electron chi connectivity index (χ3n) is 3.25. The second-order valence-corrected chi connectivity index (χ2v) is 4.74. The van der Waals surface area contributed by atoms with Gasteiger partial charge in [0, 0.05) is 6.54 Å². The first-order valence-electron chi connectivity index (χ1n) is 7.73. The number of rotatable bonds is 7. The fraction of sp³-hybridized carbons (Fsp3) is 0.600. The number of aromatic nitrogens is 4. The molecule has 0 saturated carbocycles. The summed E-state index contributed by atoms with van der Waals surface area (Å²) in [5.41, 5.74) is 2.28. The molecule has 0 aromatic carbocycles. The van der Waals surface area contributed by atoms with Gasteiger partial charge in [0.2, 0.25) is 5.88 Å². The van der Waals surface area contributed by atoms with E-state index in [1.165, 1.54) is 0 Å². The van der Waals surface area contributed by atoms with Crippen LogP contribution in [0.5, 0.6) is 5.88 Å². The summed E-state index contributed by atoms with van der Waals surface area (Å²) in [5, 5.41) is 8.23. The quantitative estimate of drug-likeness (QED) is 0.731. The third-order valence-corrected chi connectivity index (χ3v) is 3.25. The highest BCUT2D eigenvalue weighted by atomic mass is 16.5. The van der Waals surface area contributed by atoms with Gasteiger partial charge in [-0.1, -0.05) is 18.6 Å². The molecule has 7 nitrogen and oxygen atoms in total. The fourth-order valence-electron chi connectivity index (χ4n) is 2.37. The summed E-state index contributed by atoms with van der Waals surface area (Å²) >= 11 is 0. The SMILES string of the molecule is CCCc1nc(OCC)c2nnn(CC)c2c1C(=O)OCC. The number of pyridine rings is 1. The summed E-state index contributed by atoms with van der Waals surface area (Å²) in [6, 6.07) is 0. The Morgan fingerprint density at radius 1 is 1.18 bits per heavy atom. The molecule has 120 valence electrons. The first-order chi connectivity index (χ1) is 10.7. The van der Waals surface area contributed by atoms with Crippen molar-refractivity contribution in [1.29, 1.82) is 0 Å². The molecule has 0 N–H and O–H groups in total. The van der Waals surface area contributed by atoms with Crippen molar-refractivity contribution in [3.63, 3.8) is 0 Å². The lowest BCUT2D eigenvalue weighted by Gasteiger charge is -2.12. The predicted molar refractivity (Wildman–Crippen MR) is 82.1 cm³/mol. The van der Waals surface area contributed by atoms with Crippen LogP contribution in [0.2, 0.25) is 0 Å². The van der Waals surface area contributed by atoms with E-state index in [9.17, 15) is 4.79 Å². The molecule has 0 atom stereocenters. The molecule has 7 heteroatoms. The number of nitrogens with zero attached hydrogens (tertiary/aromatic N) is 4. The lowest BCUT2D eigenvalue weighted by molar-refractivity contribution is 0.0526. The van der Waals surface area contributed by atoms with Crippen LogP contribution >= 0.6 is 0 Å². The van der Waals surface area contributed by atoms with Gasteiger partial charge in [-0.3, -0.25) is 0 Å². The number of hydrogen-bond acceptors (Lipinski definition) is 6. The van der Waals surface area contributed by atoms with Crippen molar-refractivity contribution < 1.29 is 14.3 Å². The monoisotopic (exact) mass is 306 g/mol. The van der Waals surface area contributed by atoms with Crippen LogP contribution in [0, 0.1) is 0 Å². The first-order valence-corrected chi connectivity index (χ1v) is 7.73. The molecule has 0 aliphatic heterocycles. The molecule has 0 saturated heterocycles. The zero-order valence-electron chi connectivity index (χ0n) is 13.5. The third kappa shape index (κ3) is 2.88.